The molecular weight excluding hydrogens is 211 g/mol. The molecule has 2 atom stereocenters. The maximum atomic E-state index is 13.1. The first-order chi connectivity index (χ1) is 7.58. The van der Waals surface area contributed by atoms with Crippen molar-refractivity contribution in [3.8, 4) is 0 Å². The van der Waals surface area contributed by atoms with Crippen molar-refractivity contribution in [3.05, 3.63) is 29.6 Å². The van der Waals surface area contributed by atoms with Crippen LogP contribution < -0.4 is 11.1 Å². The van der Waals surface area contributed by atoms with Crippen LogP contribution in [0.25, 0.3) is 0 Å². The zero-order chi connectivity index (χ0) is 11.7. The Kier molecular flexibility index (Phi) is 2.78. The summed E-state index contributed by atoms with van der Waals surface area (Å²) in [4.78, 5) is 10.6. The standard InChI is InChI=1S/C11H13FN2O2/c12-7-1-2-10-8(4-7)6(5-14-10)3-9(13)11(15)16/h1-2,4,6,9,14H,3,5,13H2,(H,15,16)/t6-,9-/m0/s1. The zero-order valence-corrected chi connectivity index (χ0v) is 8.61. The van der Waals surface area contributed by atoms with Gasteiger partial charge < -0.3 is 16.2 Å². The average molecular weight is 224 g/mol. The molecule has 0 aliphatic carbocycles. The topological polar surface area (TPSA) is 75.3 Å². The minimum Gasteiger partial charge on any atom is -0.480 e. The number of fused-ring (bicyclic) bond motifs is 1. The van der Waals surface area contributed by atoms with Gasteiger partial charge in [0.15, 0.2) is 0 Å². The van der Waals surface area contributed by atoms with E-state index < -0.39 is 12.0 Å². The fourth-order valence-electron chi connectivity index (χ4n) is 1.99. The molecule has 0 saturated heterocycles. The third kappa shape index (κ3) is 1.99. The number of rotatable bonds is 3. The molecule has 16 heavy (non-hydrogen) atoms. The number of halogens is 1. The number of benzene rings is 1. The van der Waals surface area contributed by atoms with E-state index >= 15 is 0 Å². The van der Waals surface area contributed by atoms with Gasteiger partial charge in [-0.3, -0.25) is 4.79 Å². The minimum atomic E-state index is -1.02. The fourth-order valence-corrected chi connectivity index (χ4v) is 1.99. The average Bonchev–Trinajstić information content (AvgIpc) is 2.61. The summed E-state index contributed by atoms with van der Waals surface area (Å²) in [6.07, 6.45) is 0.318. The molecule has 1 heterocycles. The summed E-state index contributed by atoms with van der Waals surface area (Å²) in [5, 5.41) is 11.8. The number of carboxylic acids is 1. The molecule has 0 radical (unpaired) electrons. The summed E-state index contributed by atoms with van der Waals surface area (Å²) in [6.45, 7) is 0.611. The maximum Gasteiger partial charge on any atom is 0.320 e. The molecule has 0 fully saturated rings. The second kappa shape index (κ2) is 4.09. The lowest BCUT2D eigenvalue weighted by Crippen LogP contribution is -2.32. The smallest absolute Gasteiger partial charge is 0.320 e. The number of nitrogens with two attached hydrogens (primary N) is 1. The number of carbonyl (C=O) groups is 1. The van der Waals surface area contributed by atoms with Crippen LogP contribution in [0.5, 0.6) is 0 Å². The Morgan fingerprint density at radius 3 is 3.12 bits per heavy atom. The lowest BCUT2D eigenvalue weighted by molar-refractivity contribution is -0.138. The molecule has 0 aromatic heterocycles. The first-order valence-electron chi connectivity index (χ1n) is 5.09. The summed E-state index contributed by atoms with van der Waals surface area (Å²) in [6, 6.07) is 3.58. The van der Waals surface area contributed by atoms with Crippen molar-refractivity contribution in [2.24, 2.45) is 5.73 Å². The van der Waals surface area contributed by atoms with Crippen LogP contribution in [0.4, 0.5) is 10.1 Å². The predicted molar refractivity (Wildman–Crippen MR) is 57.9 cm³/mol. The van der Waals surface area contributed by atoms with Crippen LogP contribution in [0.15, 0.2) is 18.2 Å². The van der Waals surface area contributed by atoms with Crippen molar-refractivity contribution < 1.29 is 14.3 Å². The normalized spacial score (nSPS) is 20.0. The lowest BCUT2D eigenvalue weighted by Gasteiger charge is -2.13. The van der Waals surface area contributed by atoms with Gasteiger partial charge >= 0.3 is 5.97 Å². The highest BCUT2D eigenvalue weighted by molar-refractivity contribution is 5.73. The third-order valence-electron chi connectivity index (χ3n) is 2.85. The van der Waals surface area contributed by atoms with E-state index in [0.29, 0.717) is 13.0 Å². The van der Waals surface area contributed by atoms with Gasteiger partial charge in [-0.15, -0.1) is 0 Å². The van der Waals surface area contributed by atoms with E-state index in [2.05, 4.69) is 5.32 Å². The molecule has 4 nitrogen and oxygen atoms in total. The van der Waals surface area contributed by atoms with E-state index in [1.165, 1.54) is 12.1 Å². The molecule has 4 N–H and O–H groups in total. The van der Waals surface area contributed by atoms with E-state index in [1.807, 2.05) is 0 Å². The van der Waals surface area contributed by atoms with Crippen molar-refractivity contribution >= 4 is 11.7 Å². The minimum absolute atomic E-state index is 0.0307. The molecule has 0 amide bonds. The molecule has 0 unspecified atom stereocenters. The van der Waals surface area contributed by atoms with E-state index in [-0.39, 0.29) is 11.7 Å². The fraction of sp³-hybridized carbons (Fsp3) is 0.364. The van der Waals surface area contributed by atoms with Gasteiger partial charge in [0.1, 0.15) is 11.9 Å². The predicted octanol–water partition coefficient (Wildman–Crippen LogP) is 1.14. The number of hydrogen-bond acceptors (Lipinski definition) is 3. The quantitative estimate of drug-likeness (QED) is 0.719. The second-order valence-electron chi connectivity index (χ2n) is 3.99. The van der Waals surface area contributed by atoms with Gasteiger partial charge in [0.25, 0.3) is 0 Å². The largest absolute Gasteiger partial charge is 0.480 e. The monoisotopic (exact) mass is 224 g/mol. The molecule has 1 aromatic carbocycles. The highest BCUT2D eigenvalue weighted by atomic mass is 19.1. The Morgan fingerprint density at radius 1 is 1.69 bits per heavy atom. The first kappa shape index (κ1) is 10.9. The van der Waals surface area contributed by atoms with Gasteiger partial charge in [-0.25, -0.2) is 4.39 Å². The van der Waals surface area contributed by atoms with Crippen molar-refractivity contribution in [2.75, 3.05) is 11.9 Å². The Balaban J connectivity index is 2.17. The Labute approximate surface area is 92.3 Å². The van der Waals surface area contributed by atoms with E-state index in [0.717, 1.165) is 11.3 Å². The van der Waals surface area contributed by atoms with Crippen molar-refractivity contribution in [2.45, 2.75) is 18.4 Å². The van der Waals surface area contributed by atoms with Gasteiger partial charge in [0.05, 0.1) is 0 Å². The molecule has 1 aromatic rings. The summed E-state index contributed by atoms with van der Waals surface area (Å²) in [5.74, 6) is -1.36. The first-order valence-corrected chi connectivity index (χ1v) is 5.09. The van der Waals surface area contributed by atoms with Crippen LogP contribution in [-0.2, 0) is 4.79 Å². The van der Waals surface area contributed by atoms with Crippen molar-refractivity contribution in [1.82, 2.24) is 0 Å². The summed E-state index contributed by atoms with van der Waals surface area (Å²) in [5.41, 5.74) is 7.15. The van der Waals surface area contributed by atoms with Crippen LogP contribution in [0.1, 0.15) is 17.9 Å². The van der Waals surface area contributed by atoms with Gasteiger partial charge in [0, 0.05) is 18.2 Å². The Bertz CT molecular complexity index is 422. The van der Waals surface area contributed by atoms with E-state index in [9.17, 15) is 9.18 Å². The van der Waals surface area contributed by atoms with Crippen LogP contribution >= 0.6 is 0 Å². The molecule has 1 aliphatic rings. The van der Waals surface area contributed by atoms with Crippen LogP contribution in [0.3, 0.4) is 0 Å². The molecule has 0 bridgehead atoms. The van der Waals surface area contributed by atoms with Crippen molar-refractivity contribution in [1.29, 1.82) is 0 Å². The lowest BCUT2D eigenvalue weighted by atomic mass is 9.94. The van der Waals surface area contributed by atoms with E-state index in [4.69, 9.17) is 10.8 Å². The SMILES string of the molecule is N[C@@H](C[C@H]1CNc2ccc(F)cc21)C(=O)O. The van der Waals surface area contributed by atoms with Crippen LogP contribution in [0.2, 0.25) is 0 Å². The Morgan fingerprint density at radius 2 is 2.44 bits per heavy atom. The third-order valence-corrected chi connectivity index (χ3v) is 2.85. The zero-order valence-electron chi connectivity index (χ0n) is 8.61. The number of nitrogens with one attached hydrogen (secondary N) is 1. The van der Waals surface area contributed by atoms with Crippen LogP contribution in [-0.4, -0.2) is 23.7 Å². The van der Waals surface area contributed by atoms with Gasteiger partial charge in [-0.1, -0.05) is 0 Å². The highest BCUT2D eigenvalue weighted by Crippen LogP contribution is 2.34. The maximum absolute atomic E-state index is 13.1. The summed E-state index contributed by atoms with van der Waals surface area (Å²) in [7, 11) is 0. The highest BCUT2D eigenvalue weighted by Gasteiger charge is 2.26. The number of aliphatic carboxylic acids is 1. The second-order valence-corrected chi connectivity index (χ2v) is 3.99. The van der Waals surface area contributed by atoms with Gasteiger partial charge in [-0.2, -0.15) is 0 Å². The summed E-state index contributed by atoms with van der Waals surface area (Å²) < 4.78 is 13.1. The molecule has 86 valence electrons. The molecule has 2 rings (SSSR count). The Hall–Kier alpha value is -1.62. The molecule has 0 spiro atoms. The molecule has 1 aliphatic heterocycles. The molecule has 0 saturated carbocycles. The number of anilines is 1. The van der Waals surface area contributed by atoms with Crippen molar-refractivity contribution in [3.63, 3.8) is 0 Å². The van der Waals surface area contributed by atoms with Gasteiger partial charge in [0.2, 0.25) is 0 Å². The molecule has 5 heteroatoms. The van der Waals surface area contributed by atoms with Crippen LogP contribution in [0, 0.1) is 5.82 Å². The number of hydrogen-bond donors (Lipinski definition) is 3. The van der Waals surface area contributed by atoms with E-state index in [1.54, 1.807) is 6.07 Å². The molecular formula is C11H13FN2O2. The van der Waals surface area contributed by atoms with Gasteiger partial charge in [-0.05, 0) is 30.2 Å². The number of carboxylic acid groups (broad SMARTS) is 1. The summed E-state index contributed by atoms with van der Waals surface area (Å²) >= 11 is 0.